The predicted octanol–water partition coefficient (Wildman–Crippen LogP) is 0.396. The Morgan fingerprint density at radius 3 is 2.50 bits per heavy atom. The average molecular weight is 136 g/mol. The summed E-state index contributed by atoms with van der Waals surface area (Å²) < 4.78 is 0. The zero-order chi connectivity index (χ0) is 4.99. The Morgan fingerprint density at radius 2 is 2.50 bits per heavy atom. The molecule has 4 heteroatoms. The molecular formula is C2H5BS3. The van der Waals surface area contributed by atoms with Gasteiger partial charge >= 0.3 is 49.2 Å². The molecule has 34 valence electrons. The average Bonchev–Trinajstić information content (AvgIpc) is 1.65. The molecule has 0 N–H and O–H groups in total. The van der Waals surface area contributed by atoms with E-state index in [1.54, 1.807) is 17.0 Å². The van der Waals surface area contributed by atoms with E-state index in [1.165, 1.54) is 0 Å². The van der Waals surface area contributed by atoms with Crippen LogP contribution < -0.4 is 0 Å². The molecule has 0 radical (unpaired) electrons. The van der Waals surface area contributed by atoms with E-state index in [9.17, 15) is 0 Å². The summed E-state index contributed by atoms with van der Waals surface area (Å²) in [6.07, 6.45) is 3.76. The van der Waals surface area contributed by atoms with Gasteiger partial charge in [0.2, 0.25) is 0 Å². The van der Waals surface area contributed by atoms with Crippen molar-refractivity contribution in [3.05, 3.63) is 0 Å². The van der Waals surface area contributed by atoms with Crippen LogP contribution in [0.1, 0.15) is 0 Å². The van der Waals surface area contributed by atoms with Gasteiger partial charge in [-0.15, -0.1) is 0 Å². The van der Waals surface area contributed by atoms with Gasteiger partial charge in [0.15, 0.2) is 0 Å². The maximum atomic E-state index is 4.81. The first kappa shape index (κ1) is 6.85. The second kappa shape index (κ2) is 4.03. The molecule has 0 nitrogen and oxygen atoms in total. The summed E-state index contributed by atoms with van der Waals surface area (Å²) in [4.78, 5) is 0. The molecule has 0 amide bonds. The minimum absolute atomic E-state index is 0.0201. The Balaban J connectivity index is 3.23. The molecule has 0 fully saturated rings. The quantitative estimate of drug-likeness (QED) is 0.398. The molecule has 0 spiro atoms. The number of hydrogen-bond acceptors (Lipinski definition) is 2. The zero-order valence-corrected chi connectivity index (χ0v) is 5.96. The van der Waals surface area contributed by atoms with Crippen LogP contribution in [0, 0.1) is 0 Å². The molecule has 0 aromatic rings. The molecule has 0 aliphatic rings. The monoisotopic (exact) mass is 136 g/mol. The molecule has 0 rings (SSSR count). The van der Waals surface area contributed by atoms with Gasteiger partial charge in [-0.25, -0.2) is 0 Å². The van der Waals surface area contributed by atoms with E-state index < -0.39 is 0 Å². The number of hydrogen-bond donors (Lipinski definition) is 0. The Morgan fingerprint density at radius 1 is 2.00 bits per heavy atom. The Kier molecular flexibility index (Phi) is 4.60. The van der Waals surface area contributed by atoms with Crippen molar-refractivity contribution in [3.63, 3.8) is 0 Å². The molecule has 0 bridgehead atoms. The Bertz CT molecular complexity index is 69.2. The standard InChI is InChI=1S/C2H5BS3/c1-3-6(4)5-2/h1H2,2H3. The summed E-state index contributed by atoms with van der Waals surface area (Å²) in [6.45, 7) is 3.52. The third kappa shape index (κ3) is 3.06. The summed E-state index contributed by atoms with van der Waals surface area (Å²) in [5, 5.41) is 0. The van der Waals surface area contributed by atoms with Crippen molar-refractivity contribution in [3.8, 4) is 0 Å². The normalized spacial score (nSPS) is 12.8. The van der Waals surface area contributed by atoms with Gasteiger partial charge in [0.1, 0.15) is 0 Å². The summed E-state index contributed by atoms with van der Waals surface area (Å²) in [5.74, 6) is 0. The van der Waals surface area contributed by atoms with Crippen LogP contribution in [0.5, 0.6) is 0 Å². The summed E-state index contributed by atoms with van der Waals surface area (Å²) in [7, 11) is 1.63. The van der Waals surface area contributed by atoms with Crippen LogP contribution in [-0.4, -0.2) is 18.9 Å². The fourth-order valence-corrected chi connectivity index (χ4v) is 0.612. The van der Waals surface area contributed by atoms with Crippen LogP contribution in [0.15, 0.2) is 0 Å². The van der Waals surface area contributed by atoms with Gasteiger partial charge in [-0.2, -0.15) is 0 Å². The molecule has 1 atom stereocenters. The molecule has 6 heavy (non-hydrogen) atoms. The molecular weight excluding hydrogens is 131 g/mol. The van der Waals surface area contributed by atoms with Crippen molar-refractivity contribution in [1.82, 2.24) is 0 Å². The SMILES string of the molecule is C=BS(=S)SC. The molecule has 0 heterocycles. The second-order valence-corrected chi connectivity index (χ2v) is 5.57. The first-order valence-corrected chi connectivity index (χ1v) is 5.34. The van der Waals surface area contributed by atoms with Crippen LogP contribution in [0.4, 0.5) is 0 Å². The fourth-order valence-electron chi connectivity index (χ4n) is 0.0680. The molecule has 0 saturated carbocycles. The van der Waals surface area contributed by atoms with Gasteiger partial charge in [-0.1, -0.05) is 0 Å². The second-order valence-electron chi connectivity index (χ2n) is 0.594. The Hall–Kier alpha value is 0.855. The van der Waals surface area contributed by atoms with E-state index in [2.05, 4.69) is 6.47 Å². The topological polar surface area (TPSA) is 0 Å². The molecule has 0 aliphatic carbocycles. The fraction of sp³-hybridized carbons (Fsp3) is 0.500. The van der Waals surface area contributed by atoms with Gasteiger partial charge < -0.3 is 0 Å². The van der Waals surface area contributed by atoms with Gasteiger partial charge in [0, 0.05) is 0 Å². The van der Waals surface area contributed by atoms with Crippen molar-refractivity contribution < 1.29 is 0 Å². The van der Waals surface area contributed by atoms with E-state index in [4.69, 9.17) is 11.2 Å². The minimum atomic E-state index is -0.0201. The zero-order valence-electron chi connectivity index (χ0n) is 3.51. The maximum absolute atomic E-state index is 4.81. The summed E-state index contributed by atoms with van der Waals surface area (Å²) in [5.41, 5.74) is 0. The molecule has 0 aromatic carbocycles. The Labute approximate surface area is 49.5 Å². The van der Waals surface area contributed by atoms with Crippen LogP contribution in [-0.2, 0) is 19.5 Å². The van der Waals surface area contributed by atoms with E-state index in [1.807, 2.05) is 6.26 Å². The van der Waals surface area contributed by atoms with E-state index in [-0.39, 0.29) is 8.34 Å². The van der Waals surface area contributed by atoms with E-state index >= 15 is 0 Å². The molecule has 0 aromatic heterocycles. The van der Waals surface area contributed by atoms with Gasteiger partial charge in [-0.05, 0) is 0 Å². The summed E-state index contributed by atoms with van der Waals surface area (Å²) >= 11 is 4.81. The first-order valence-electron chi connectivity index (χ1n) is 1.39. The first-order chi connectivity index (χ1) is 2.81. The van der Waals surface area contributed by atoms with Gasteiger partial charge in [0.25, 0.3) is 0 Å². The van der Waals surface area contributed by atoms with Crippen LogP contribution in [0.25, 0.3) is 0 Å². The van der Waals surface area contributed by atoms with Crippen LogP contribution in [0.3, 0.4) is 0 Å². The van der Waals surface area contributed by atoms with Crippen molar-refractivity contribution in [2.24, 2.45) is 0 Å². The third-order valence-electron chi connectivity index (χ3n) is 0.300. The predicted molar refractivity (Wildman–Crippen MR) is 41.1 cm³/mol. The van der Waals surface area contributed by atoms with Gasteiger partial charge in [0.05, 0.1) is 0 Å². The molecule has 0 saturated heterocycles. The van der Waals surface area contributed by atoms with Crippen molar-refractivity contribution in [2.45, 2.75) is 0 Å². The summed E-state index contributed by atoms with van der Waals surface area (Å²) in [6, 6.07) is 0. The van der Waals surface area contributed by atoms with Crippen molar-refractivity contribution in [1.29, 1.82) is 0 Å². The van der Waals surface area contributed by atoms with Gasteiger partial charge in [-0.3, -0.25) is 0 Å². The van der Waals surface area contributed by atoms with Crippen molar-refractivity contribution >= 4 is 43.0 Å². The van der Waals surface area contributed by atoms with E-state index in [0.29, 0.717) is 0 Å². The van der Waals surface area contributed by atoms with E-state index in [0.717, 1.165) is 0 Å². The van der Waals surface area contributed by atoms with Crippen molar-refractivity contribution in [2.75, 3.05) is 6.26 Å². The molecule has 1 unspecified atom stereocenters. The number of rotatable bonds is 2. The molecule has 0 aliphatic heterocycles. The van der Waals surface area contributed by atoms with Crippen LogP contribution in [0.2, 0.25) is 0 Å². The third-order valence-corrected chi connectivity index (χ3v) is 3.93. The van der Waals surface area contributed by atoms with Crippen LogP contribution >= 0.6 is 10.8 Å².